The fraction of sp³-hybridized carbons (Fsp3) is 0.222. The Balaban J connectivity index is 1.76. The molecule has 2 N–H and O–H groups in total. The predicted molar refractivity (Wildman–Crippen MR) is 97.0 cm³/mol. The van der Waals surface area contributed by atoms with E-state index in [1.54, 1.807) is 12.4 Å². The number of amides is 1. The van der Waals surface area contributed by atoms with E-state index < -0.39 is 0 Å². The number of carbonyl (C=O) groups excluding carboxylic acids is 1. The van der Waals surface area contributed by atoms with Crippen molar-refractivity contribution in [2.75, 3.05) is 10.6 Å². The number of anilines is 2. The highest BCUT2D eigenvalue weighted by atomic mass is 16.1. The van der Waals surface area contributed by atoms with Gasteiger partial charge in [-0.3, -0.25) is 14.5 Å². The predicted octanol–water partition coefficient (Wildman–Crippen LogP) is 2.76. The maximum atomic E-state index is 11.2. The zero-order valence-electron chi connectivity index (χ0n) is 14.4. The van der Waals surface area contributed by atoms with Crippen LogP contribution in [-0.2, 0) is 18.4 Å². The molecule has 0 aliphatic carbocycles. The van der Waals surface area contributed by atoms with Crippen molar-refractivity contribution in [3.63, 3.8) is 0 Å². The minimum absolute atomic E-state index is 0.107. The summed E-state index contributed by atoms with van der Waals surface area (Å²) in [6.07, 6.45) is 3.37. The van der Waals surface area contributed by atoms with Gasteiger partial charge < -0.3 is 10.6 Å². The van der Waals surface area contributed by atoms with Gasteiger partial charge in [0.25, 0.3) is 0 Å². The lowest BCUT2D eigenvalue weighted by molar-refractivity contribution is -0.114. The van der Waals surface area contributed by atoms with Gasteiger partial charge in [-0.2, -0.15) is 5.10 Å². The van der Waals surface area contributed by atoms with Gasteiger partial charge in [-0.05, 0) is 25.1 Å². The summed E-state index contributed by atoms with van der Waals surface area (Å²) in [4.78, 5) is 20.0. The standard InChI is InChI=1S/C18H20N6O/c1-12-7-16(23-24(12)3)9-20-18-11-19-10-17(22-18)14-5-4-6-15(8-14)21-13(2)25/h4-8,10-11H,9H2,1-3H3,(H,20,22)(H,21,25). The van der Waals surface area contributed by atoms with E-state index in [4.69, 9.17) is 0 Å². The van der Waals surface area contributed by atoms with Crippen LogP contribution in [0.25, 0.3) is 11.3 Å². The molecule has 0 aliphatic heterocycles. The highest BCUT2D eigenvalue weighted by Gasteiger charge is 2.06. The van der Waals surface area contributed by atoms with Crippen LogP contribution >= 0.6 is 0 Å². The summed E-state index contributed by atoms with van der Waals surface area (Å²) >= 11 is 0. The summed E-state index contributed by atoms with van der Waals surface area (Å²) in [6.45, 7) is 4.07. The van der Waals surface area contributed by atoms with E-state index in [-0.39, 0.29) is 5.91 Å². The van der Waals surface area contributed by atoms with Crippen molar-refractivity contribution in [2.24, 2.45) is 7.05 Å². The number of hydrogen-bond donors (Lipinski definition) is 2. The van der Waals surface area contributed by atoms with Gasteiger partial charge in [-0.15, -0.1) is 0 Å². The van der Waals surface area contributed by atoms with Crippen molar-refractivity contribution in [2.45, 2.75) is 20.4 Å². The van der Waals surface area contributed by atoms with Crippen molar-refractivity contribution in [3.05, 3.63) is 54.1 Å². The van der Waals surface area contributed by atoms with Crippen molar-refractivity contribution < 1.29 is 4.79 Å². The number of carbonyl (C=O) groups is 1. The number of aryl methyl sites for hydroxylation is 2. The zero-order valence-corrected chi connectivity index (χ0v) is 14.4. The maximum absolute atomic E-state index is 11.2. The van der Waals surface area contributed by atoms with Gasteiger partial charge >= 0.3 is 0 Å². The molecule has 0 spiro atoms. The third-order valence-electron chi connectivity index (χ3n) is 3.73. The lowest BCUT2D eigenvalue weighted by Crippen LogP contribution is -2.06. The lowest BCUT2D eigenvalue weighted by atomic mass is 10.1. The van der Waals surface area contributed by atoms with E-state index in [0.717, 1.165) is 28.3 Å². The van der Waals surface area contributed by atoms with Crippen LogP contribution in [-0.4, -0.2) is 25.7 Å². The molecule has 25 heavy (non-hydrogen) atoms. The van der Waals surface area contributed by atoms with Crippen LogP contribution in [0.4, 0.5) is 11.5 Å². The molecule has 0 aliphatic rings. The van der Waals surface area contributed by atoms with E-state index in [1.165, 1.54) is 6.92 Å². The van der Waals surface area contributed by atoms with E-state index in [0.29, 0.717) is 12.4 Å². The number of nitrogens with zero attached hydrogens (tertiary/aromatic N) is 4. The Bertz CT molecular complexity index is 883. The SMILES string of the molecule is CC(=O)Nc1cccc(-c2cncc(NCc3cc(C)n(C)n3)n2)c1. The summed E-state index contributed by atoms with van der Waals surface area (Å²) in [5.74, 6) is 0.565. The quantitative estimate of drug-likeness (QED) is 0.748. The van der Waals surface area contributed by atoms with Gasteiger partial charge in [0, 0.05) is 30.9 Å². The summed E-state index contributed by atoms with van der Waals surface area (Å²) in [6, 6.07) is 9.54. The molecule has 0 bridgehead atoms. The first kappa shape index (κ1) is 16.6. The lowest BCUT2D eigenvalue weighted by Gasteiger charge is -2.08. The van der Waals surface area contributed by atoms with Crippen LogP contribution in [0.15, 0.2) is 42.7 Å². The highest BCUT2D eigenvalue weighted by Crippen LogP contribution is 2.21. The van der Waals surface area contributed by atoms with Gasteiger partial charge in [0.15, 0.2) is 0 Å². The number of aromatic nitrogens is 4. The molecule has 3 rings (SSSR count). The third-order valence-corrected chi connectivity index (χ3v) is 3.73. The molecule has 0 saturated carbocycles. The van der Waals surface area contributed by atoms with Crippen LogP contribution in [0.2, 0.25) is 0 Å². The third kappa shape index (κ3) is 4.20. The molecule has 7 nitrogen and oxygen atoms in total. The molecule has 1 aromatic carbocycles. The van der Waals surface area contributed by atoms with Crippen molar-refractivity contribution in [3.8, 4) is 11.3 Å². The van der Waals surface area contributed by atoms with Crippen LogP contribution in [0.1, 0.15) is 18.3 Å². The van der Waals surface area contributed by atoms with Gasteiger partial charge in [0.1, 0.15) is 5.82 Å². The monoisotopic (exact) mass is 336 g/mol. The summed E-state index contributed by atoms with van der Waals surface area (Å²) in [7, 11) is 1.92. The van der Waals surface area contributed by atoms with E-state index in [2.05, 4.69) is 25.7 Å². The van der Waals surface area contributed by atoms with Crippen molar-refractivity contribution in [1.82, 2.24) is 19.7 Å². The summed E-state index contributed by atoms with van der Waals surface area (Å²) in [5.41, 5.74) is 4.39. The Morgan fingerprint density at radius 3 is 2.80 bits per heavy atom. The zero-order chi connectivity index (χ0) is 17.8. The summed E-state index contributed by atoms with van der Waals surface area (Å²) < 4.78 is 1.84. The molecule has 0 unspecified atom stereocenters. The van der Waals surface area contributed by atoms with E-state index in [9.17, 15) is 4.79 Å². The Hall–Kier alpha value is -3.22. The van der Waals surface area contributed by atoms with Crippen molar-refractivity contribution >= 4 is 17.4 Å². The first-order valence-corrected chi connectivity index (χ1v) is 7.95. The number of rotatable bonds is 5. The highest BCUT2D eigenvalue weighted by molar-refractivity contribution is 5.89. The Morgan fingerprint density at radius 1 is 1.24 bits per heavy atom. The topological polar surface area (TPSA) is 84.7 Å². The Kier molecular flexibility index (Phi) is 4.74. The van der Waals surface area contributed by atoms with E-state index in [1.807, 2.05) is 49.0 Å². The van der Waals surface area contributed by atoms with Gasteiger partial charge in [0.05, 0.1) is 30.3 Å². The van der Waals surface area contributed by atoms with Crippen molar-refractivity contribution in [1.29, 1.82) is 0 Å². The average molecular weight is 336 g/mol. The molecular formula is C18H20N6O. The second-order valence-corrected chi connectivity index (χ2v) is 5.81. The smallest absolute Gasteiger partial charge is 0.221 e. The molecule has 1 amide bonds. The molecule has 2 aromatic heterocycles. The molecule has 0 atom stereocenters. The fourth-order valence-electron chi connectivity index (χ4n) is 2.45. The normalized spacial score (nSPS) is 10.5. The molecule has 0 radical (unpaired) electrons. The minimum Gasteiger partial charge on any atom is -0.363 e. The average Bonchev–Trinajstić information content (AvgIpc) is 2.91. The maximum Gasteiger partial charge on any atom is 0.221 e. The number of hydrogen-bond acceptors (Lipinski definition) is 5. The van der Waals surface area contributed by atoms with E-state index >= 15 is 0 Å². The second kappa shape index (κ2) is 7.12. The molecule has 128 valence electrons. The largest absolute Gasteiger partial charge is 0.363 e. The first-order chi connectivity index (χ1) is 12.0. The van der Waals surface area contributed by atoms with Crippen LogP contribution in [0, 0.1) is 6.92 Å². The van der Waals surface area contributed by atoms with Gasteiger partial charge in [-0.1, -0.05) is 12.1 Å². The molecule has 0 fully saturated rings. The van der Waals surface area contributed by atoms with Crippen LogP contribution < -0.4 is 10.6 Å². The number of benzene rings is 1. The fourth-order valence-corrected chi connectivity index (χ4v) is 2.45. The Morgan fingerprint density at radius 2 is 2.08 bits per heavy atom. The summed E-state index contributed by atoms with van der Waals surface area (Å²) in [5, 5.41) is 10.4. The first-order valence-electron chi connectivity index (χ1n) is 7.95. The molecule has 7 heteroatoms. The van der Waals surface area contributed by atoms with Crippen LogP contribution in [0.5, 0.6) is 0 Å². The van der Waals surface area contributed by atoms with Crippen LogP contribution in [0.3, 0.4) is 0 Å². The second-order valence-electron chi connectivity index (χ2n) is 5.81. The Labute approximate surface area is 146 Å². The minimum atomic E-state index is -0.107. The van der Waals surface area contributed by atoms with Gasteiger partial charge in [-0.25, -0.2) is 4.98 Å². The molecule has 2 heterocycles. The molecule has 3 aromatic rings. The number of nitrogens with one attached hydrogen (secondary N) is 2. The molecular weight excluding hydrogens is 316 g/mol. The molecule has 0 saturated heterocycles. The van der Waals surface area contributed by atoms with Gasteiger partial charge in [0.2, 0.25) is 5.91 Å².